The van der Waals surface area contributed by atoms with Crippen LogP contribution in [0.5, 0.6) is 0 Å². The maximum Gasteiger partial charge on any atom is 0.193 e. The lowest BCUT2D eigenvalue weighted by atomic mass is 9.90. The van der Waals surface area contributed by atoms with E-state index in [1.54, 1.807) is 4.68 Å². The molecule has 0 bridgehead atoms. The maximum absolute atomic E-state index is 6.11. The Morgan fingerprint density at radius 1 is 1.07 bits per heavy atom. The number of nitrogens with two attached hydrogens (primary N) is 1. The van der Waals surface area contributed by atoms with Crippen molar-refractivity contribution in [1.29, 1.82) is 0 Å². The van der Waals surface area contributed by atoms with Crippen LogP contribution in [0, 0.1) is 0 Å². The Hall–Kier alpha value is -3.22. The molecule has 138 valence electrons. The molecule has 0 saturated heterocycles. The van der Waals surface area contributed by atoms with Gasteiger partial charge in [-0.25, -0.2) is 0 Å². The number of tetrazole rings is 1. The van der Waals surface area contributed by atoms with Crippen molar-refractivity contribution in [3.63, 3.8) is 0 Å². The number of aryl methyl sites for hydroxylation is 1. The summed E-state index contributed by atoms with van der Waals surface area (Å²) in [6.45, 7) is 0.515. The summed E-state index contributed by atoms with van der Waals surface area (Å²) >= 11 is 0. The number of benzene rings is 2. The van der Waals surface area contributed by atoms with Crippen molar-refractivity contribution in [3.8, 4) is 5.69 Å². The smallest absolute Gasteiger partial charge is 0.193 e. The normalized spacial score (nSPS) is 14.0. The van der Waals surface area contributed by atoms with Gasteiger partial charge in [0.05, 0.1) is 5.69 Å². The number of anilines is 1. The molecule has 0 aliphatic heterocycles. The first-order chi connectivity index (χ1) is 13.3. The molecule has 1 aliphatic carbocycles. The summed E-state index contributed by atoms with van der Waals surface area (Å²) in [5.74, 6) is 1.18. The SMILES string of the molecule is NC(=NCCc1nnnn1-c1ccccc1)Nc1cccc2c1CCCC2. The van der Waals surface area contributed by atoms with Gasteiger partial charge in [0.15, 0.2) is 11.8 Å². The summed E-state index contributed by atoms with van der Waals surface area (Å²) in [5.41, 5.74) is 10.9. The van der Waals surface area contributed by atoms with Crippen LogP contribution in [0.3, 0.4) is 0 Å². The first kappa shape index (κ1) is 17.2. The molecule has 0 fully saturated rings. The molecule has 7 heteroatoms. The molecular formula is C20H23N7. The fourth-order valence-corrected chi connectivity index (χ4v) is 3.48. The van der Waals surface area contributed by atoms with E-state index in [-0.39, 0.29) is 0 Å². The highest BCUT2D eigenvalue weighted by atomic mass is 15.5. The van der Waals surface area contributed by atoms with Crippen LogP contribution in [0.25, 0.3) is 5.69 Å². The second-order valence-corrected chi connectivity index (χ2v) is 6.63. The van der Waals surface area contributed by atoms with Crippen LogP contribution in [0.15, 0.2) is 53.5 Å². The Bertz CT molecular complexity index is 931. The van der Waals surface area contributed by atoms with E-state index in [1.165, 1.54) is 24.0 Å². The number of aromatic nitrogens is 4. The summed E-state index contributed by atoms with van der Waals surface area (Å²) in [6, 6.07) is 16.2. The minimum atomic E-state index is 0.424. The molecule has 1 aliphatic rings. The highest BCUT2D eigenvalue weighted by Gasteiger charge is 2.13. The highest BCUT2D eigenvalue weighted by molar-refractivity contribution is 5.93. The average molecular weight is 361 g/mol. The molecule has 1 aromatic heterocycles. The second kappa shape index (κ2) is 7.99. The van der Waals surface area contributed by atoms with E-state index >= 15 is 0 Å². The molecule has 27 heavy (non-hydrogen) atoms. The van der Waals surface area contributed by atoms with Gasteiger partial charge < -0.3 is 11.1 Å². The van der Waals surface area contributed by atoms with Gasteiger partial charge in [0.1, 0.15) is 0 Å². The van der Waals surface area contributed by atoms with E-state index in [0.29, 0.717) is 18.9 Å². The van der Waals surface area contributed by atoms with Gasteiger partial charge in [-0.1, -0.05) is 30.3 Å². The Kier molecular flexibility index (Phi) is 5.09. The topological polar surface area (TPSA) is 94.0 Å². The minimum Gasteiger partial charge on any atom is -0.370 e. The van der Waals surface area contributed by atoms with E-state index in [0.717, 1.165) is 30.0 Å². The summed E-state index contributed by atoms with van der Waals surface area (Å²) in [5, 5.41) is 15.2. The van der Waals surface area contributed by atoms with Crippen molar-refractivity contribution in [3.05, 3.63) is 65.5 Å². The number of guanidine groups is 1. The van der Waals surface area contributed by atoms with Crippen LogP contribution < -0.4 is 11.1 Å². The van der Waals surface area contributed by atoms with Crippen LogP contribution >= 0.6 is 0 Å². The quantitative estimate of drug-likeness (QED) is 0.538. The highest BCUT2D eigenvalue weighted by Crippen LogP contribution is 2.27. The summed E-state index contributed by atoms with van der Waals surface area (Å²) in [4.78, 5) is 4.45. The molecule has 3 aromatic rings. The zero-order valence-electron chi connectivity index (χ0n) is 15.2. The fourth-order valence-electron chi connectivity index (χ4n) is 3.48. The molecule has 4 rings (SSSR count). The third-order valence-corrected chi connectivity index (χ3v) is 4.81. The van der Waals surface area contributed by atoms with Crippen molar-refractivity contribution in [2.75, 3.05) is 11.9 Å². The molecule has 0 radical (unpaired) electrons. The van der Waals surface area contributed by atoms with Gasteiger partial charge in [-0.15, -0.1) is 5.10 Å². The maximum atomic E-state index is 6.11. The molecule has 0 atom stereocenters. The van der Waals surface area contributed by atoms with Gasteiger partial charge in [0.2, 0.25) is 0 Å². The van der Waals surface area contributed by atoms with Gasteiger partial charge in [0.25, 0.3) is 0 Å². The lowest BCUT2D eigenvalue weighted by Gasteiger charge is -2.19. The molecule has 2 aromatic carbocycles. The molecular weight excluding hydrogens is 338 g/mol. The van der Waals surface area contributed by atoms with E-state index in [9.17, 15) is 0 Å². The molecule has 0 saturated carbocycles. The number of aliphatic imine (C=N–C) groups is 1. The molecule has 0 amide bonds. The van der Waals surface area contributed by atoms with E-state index in [2.05, 4.69) is 44.0 Å². The van der Waals surface area contributed by atoms with Crippen molar-refractivity contribution >= 4 is 11.6 Å². The second-order valence-electron chi connectivity index (χ2n) is 6.63. The van der Waals surface area contributed by atoms with Crippen molar-refractivity contribution in [1.82, 2.24) is 20.2 Å². The lowest BCUT2D eigenvalue weighted by Crippen LogP contribution is -2.24. The summed E-state index contributed by atoms with van der Waals surface area (Å²) in [7, 11) is 0. The number of hydrogen-bond acceptors (Lipinski definition) is 4. The van der Waals surface area contributed by atoms with Crippen LogP contribution in [0.4, 0.5) is 5.69 Å². The van der Waals surface area contributed by atoms with Gasteiger partial charge in [-0.2, -0.15) is 4.68 Å². The Morgan fingerprint density at radius 3 is 2.81 bits per heavy atom. The lowest BCUT2D eigenvalue weighted by molar-refractivity contribution is 0.687. The van der Waals surface area contributed by atoms with Crippen LogP contribution in [0.2, 0.25) is 0 Å². The van der Waals surface area contributed by atoms with Gasteiger partial charge in [0, 0.05) is 18.7 Å². The number of rotatable bonds is 5. The van der Waals surface area contributed by atoms with Crippen molar-refractivity contribution in [2.24, 2.45) is 10.7 Å². The van der Waals surface area contributed by atoms with Crippen molar-refractivity contribution in [2.45, 2.75) is 32.1 Å². The summed E-state index contributed by atoms with van der Waals surface area (Å²) in [6.07, 6.45) is 5.33. The van der Waals surface area contributed by atoms with Crippen LogP contribution in [-0.2, 0) is 19.3 Å². The number of nitrogens with one attached hydrogen (secondary N) is 1. The number of para-hydroxylation sites is 1. The molecule has 0 unspecified atom stereocenters. The summed E-state index contributed by atoms with van der Waals surface area (Å²) < 4.78 is 1.73. The zero-order chi connectivity index (χ0) is 18.5. The van der Waals surface area contributed by atoms with Gasteiger partial charge >= 0.3 is 0 Å². The first-order valence-electron chi connectivity index (χ1n) is 9.31. The molecule has 0 spiro atoms. The predicted octanol–water partition coefficient (Wildman–Crippen LogP) is 2.51. The van der Waals surface area contributed by atoms with E-state index < -0.39 is 0 Å². The number of nitrogens with zero attached hydrogens (tertiary/aromatic N) is 5. The first-order valence-corrected chi connectivity index (χ1v) is 9.31. The third-order valence-electron chi connectivity index (χ3n) is 4.81. The third kappa shape index (κ3) is 3.97. The molecule has 7 nitrogen and oxygen atoms in total. The van der Waals surface area contributed by atoms with Gasteiger partial charge in [-0.05, 0) is 65.4 Å². The van der Waals surface area contributed by atoms with Gasteiger partial charge in [-0.3, -0.25) is 4.99 Å². The number of fused-ring (bicyclic) bond motifs is 1. The zero-order valence-corrected chi connectivity index (χ0v) is 15.2. The Labute approximate surface area is 158 Å². The fraction of sp³-hybridized carbons (Fsp3) is 0.300. The largest absolute Gasteiger partial charge is 0.370 e. The monoisotopic (exact) mass is 361 g/mol. The minimum absolute atomic E-state index is 0.424. The molecule has 1 heterocycles. The van der Waals surface area contributed by atoms with Crippen LogP contribution in [-0.4, -0.2) is 32.7 Å². The number of hydrogen-bond donors (Lipinski definition) is 2. The predicted molar refractivity (Wildman–Crippen MR) is 106 cm³/mol. The standard InChI is InChI=1S/C20H23N7/c21-20(23-18-12-6-8-15-7-4-5-11-17(15)18)22-14-13-19-24-25-26-27(19)16-9-2-1-3-10-16/h1-3,6,8-10,12H,4-5,7,11,13-14H2,(H3,21,22,23). The van der Waals surface area contributed by atoms with Crippen molar-refractivity contribution < 1.29 is 0 Å². The average Bonchev–Trinajstić information content (AvgIpc) is 3.17. The Morgan fingerprint density at radius 2 is 1.93 bits per heavy atom. The van der Waals surface area contributed by atoms with E-state index in [1.807, 2.05) is 30.3 Å². The van der Waals surface area contributed by atoms with E-state index in [4.69, 9.17) is 5.73 Å². The Balaban J connectivity index is 1.41. The molecule has 3 N–H and O–H groups in total. The van der Waals surface area contributed by atoms with Crippen LogP contribution in [0.1, 0.15) is 29.8 Å².